The number of hydrogen-bond acceptors (Lipinski definition) is 5. The molecule has 7 nitrogen and oxygen atoms in total. The van der Waals surface area contributed by atoms with Gasteiger partial charge in [0.25, 0.3) is 0 Å². The molecule has 2 N–H and O–H groups in total. The van der Waals surface area contributed by atoms with Crippen LogP contribution >= 0.6 is 24.0 Å². The Labute approximate surface area is 155 Å². The Morgan fingerprint density at radius 2 is 2.17 bits per heavy atom. The van der Waals surface area contributed by atoms with Gasteiger partial charge in [-0.3, -0.25) is 4.99 Å². The van der Waals surface area contributed by atoms with Crippen LogP contribution < -0.4 is 10.6 Å². The molecule has 1 aliphatic heterocycles. The van der Waals surface area contributed by atoms with E-state index in [4.69, 9.17) is 9.26 Å². The predicted molar refractivity (Wildman–Crippen MR) is 100 cm³/mol. The second kappa shape index (κ2) is 9.41. The van der Waals surface area contributed by atoms with E-state index < -0.39 is 0 Å². The monoisotopic (exact) mass is 437 g/mol. The quantitative estimate of drug-likeness (QED) is 0.403. The average molecular weight is 437 g/mol. The van der Waals surface area contributed by atoms with Crippen LogP contribution in [-0.2, 0) is 11.2 Å². The molecule has 0 radical (unpaired) electrons. The van der Waals surface area contributed by atoms with Crippen LogP contribution in [0.3, 0.4) is 0 Å². The van der Waals surface area contributed by atoms with Crippen molar-refractivity contribution in [3.63, 3.8) is 0 Å². The minimum atomic E-state index is -0.0870. The van der Waals surface area contributed by atoms with Crippen LogP contribution in [0.25, 0.3) is 0 Å². The normalized spacial score (nSPS) is 21.3. The van der Waals surface area contributed by atoms with Crippen molar-refractivity contribution >= 4 is 29.9 Å². The number of hydrogen-bond donors (Lipinski definition) is 2. The number of ether oxygens (including phenoxy) is 1. The fourth-order valence-corrected chi connectivity index (χ4v) is 2.36. The number of guanidine groups is 1. The highest BCUT2D eigenvalue weighted by atomic mass is 127. The second-order valence-corrected chi connectivity index (χ2v) is 6.21. The topological polar surface area (TPSA) is 84.6 Å². The van der Waals surface area contributed by atoms with Gasteiger partial charge >= 0.3 is 0 Å². The maximum atomic E-state index is 5.76. The molecule has 132 valence electrons. The molecule has 0 amide bonds. The lowest BCUT2D eigenvalue weighted by atomic mass is 10.0. The van der Waals surface area contributed by atoms with Crippen molar-refractivity contribution in [2.24, 2.45) is 4.99 Å². The molecule has 0 aliphatic carbocycles. The van der Waals surface area contributed by atoms with Gasteiger partial charge in [0.2, 0.25) is 5.89 Å². The molecule has 1 fully saturated rings. The van der Waals surface area contributed by atoms with Crippen molar-refractivity contribution in [2.45, 2.75) is 51.6 Å². The van der Waals surface area contributed by atoms with E-state index in [1.165, 1.54) is 0 Å². The predicted octanol–water partition coefficient (Wildman–Crippen LogP) is 2.09. The van der Waals surface area contributed by atoms with Crippen LogP contribution in [0.1, 0.15) is 51.2 Å². The van der Waals surface area contributed by atoms with Crippen LogP contribution in [0.2, 0.25) is 0 Å². The van der Waals surface area contributed by atoms with Gasteiger partial charge in [0, 0.05) is 39.1 Å². The molecule has 0 bridgehead atoms. The van der Waals surface area contributed by atoms with Crippen LogP contribution in [0.15, 0.2) is 9.52 Å². The molecule has 2 heterocycles. The molecule has 0 aromatic carbocycles. The van der Waals surface area contributed by atoms with Crippen LogP contribution in [-0.4, -0.2) is 48.4 Å². The van der Waals surface area contributed by atoms with Crippen LogP contribution in [0.5, 0.6) is 0 Å². The van der Waals surface area contributed by atoms with E-state index in [2.05, 4.69) is 32.7 Å². The Bertz CT molecular complexity index is 498. The van der Waals surface area contributed by atoms with Crippen LogP contribution in [0, 0.1) is 0 Å². The van der Waals surface area contributed by atoms with Crippen molar-refractivity contribution in [3.8, 4) is 0 Å². The lowest BCUT2D eigenvalue weighted by Crippen LogP contribution is -2.45. The van der Waals surface area contributed by atoms with Crippen LogP contribution in [0.4, 0.5) is 0 Å². The highest BCUT2D eigenvalue weighted by molar-refractivity contribution is 14.0. The van der Waals surface area contributed by atoms with E-state index in [0.29, 0.717) is 18.9 Å². The number of nitrogens with zero attached hydrogens (tertiary/aromatic N) is 3. The zero-order chi connectivity index (χ0) is 16.0. The van der Waals surface area contributed by atoms with Crippen molar-refractivity contribution in [2.75, 3.05) is 26.7 Å². The Morgan fingerprint density at radius 3 is 2.74 bits per heavy atom. The molecule has 8 heteroatoms. The van der Waals surface area contributed by atoms with E-state index in [-0.39, 0.29) is 35.5 Å². The fourth-order valence-electron chi connectivity index (χ4n) is 2.36. The maximum absolute atomic E-state index is 5.76. The van der Waals surface area contributed by atoms with Gasteiger partial charge in [-0.15, -0.1) is 24.0 Å². The molecule has 1 saturated heterocycles. The van der Waals surface area contributed by atoms with Gasteiger partial charge in [-0.25, -0.2) is 0 Å². The Morgan fingerprint density at radius 1 is 1.39 bits per heavy atom. The molecular weight excluding hydrogens is 409 g/mol. The summed E-state index contributed by atoms with van der Waals surface area (Å²) in [5.74, 6) is 2.45. The van der Waals surface area contributed by atoms with Gasteiger partial charge in [-0.1, -0.05) is 19.0 Å². The standard InChI is InChI=1S/C15H27N5O2.HI/c1-11(2)13-19-12(22-20-13)6-8-17-14(16-4)18-10-15(3)7-5-9-21-15;/h11H,5-10H2,1-4H3,(H2,16,17,18);1H. The van der Waals surface area contributed by atoms with Crippen molar-refractivity contribution in [1.82, 2.24) is 20.8 Å². The molecule has 1 atom stereocenters. The molecule has 23 heavy (non-hydrogen) atoms. The summed E-state index contributed by atoms with van der Waals surface area (Å²) in [5, 5.41) is 10.5. The molecular formula is C15H28IN5O2. The Balaban J connectivity index is 0.00000264. The van der Waals surface area contributed by atoms with E-state index in [9.17, 15) is 0 Å². The smallest absolute Gasteiger partial charge is 0.228 e. The van der Waals surface area contributed by atoms with Crippen molar-refractivity contribution in [3.05, 3.63) is 11.7 Å². The number of nitrogens with one attached hydrogen (secondary N) is 2. The SMILES string of the molecule is CN=C(NCCc1nc(C(C)C)no1)NCC1(C)CCCO1.I. The molecule has 1 aromatic rings. The zero-order valence-electron chi connectivity index (χ0n) is 14.4. The van der Waals surface area contributed by atoms with Gasteiger partial charge < -0.3 is 19.9 Å². The first-order valence-electron chi connectivity index (χ1n) is 7.93. The van der Waals surface area contributed by atoms with E-state index >= 15 is 0 Å². The first-order chi connectivity index (χ1) is 10.5. The Kier molecular flexibility index (Phi) is 8.24. The third-order valence-electron chi connectivity index (χ3n) is 3.79. The van der Waals surface area contributed by atoms with E-state index in [1.807, 2.05) is 13.8 Å². The number of halogens is 1. The molecule has 1 aliphatic rings. The second-order valence-electron chi connectivity index (χ2n) is 6.21. The van der Waals surface area contributed by atoms with Gasteiger partial charge in [-0.05, 0) is 19.8 Å². The number of rotatable bonds is 6. The summed E-state index contributed by atoms with van der Waals surface area (Å²) < 4.78 is 11.0. The largest absolute Gasteiger partial charge is 0.373 e. The third-order valence-corrected chi connectivity index (χ3v) is 3.79. The number of aliphatic imine (C=N–C) groups is 1. The average Bonchev–Trinajstić information content (AvgIpc) is 3.12. The summed E-state index contributed by atoms with van der Waals surface area (Å²) in [6.07, 6.45) is 2.88. The summed E-state index contributed by atoms with van der Waals surface area (Å²) in [6.45, 7) is 8.52. The molecule has 0 spiro atoms. The van der Waals surface area contributed by atoms with Crippen molar-refractivity contribution < 1.29 is 9.26 Å². The molecule has 1 unspecified atom stereocenters. The summed E-state index contributed by atoms with van der Waals surface area (Å²) in [4.78, 5) is 8.57. The summed E-state index contributed by atoms with van der Waals surface area (Å²) in [7, 11) is 1.76. The highest BCUT2D eigenvalue weighted by Crippen LogP contribution is 2.23. The Hall–Kier alpha value is -0.900. The number of aromatic nitrogens is 2. The maximum Gasteiger partial charge on any atom is 0.228 e. The molecule has 1 aromatic heterocycles. The first kappa shape index (κ1) is 20.1. The lowest BCUT2D eigenvalue weighted by Gasteiger charge is -2.24. The van der Waals surface area contributed by atoms with Gasteiger partial charge in [-0.2, -0.15) is 4.98 Å². The molecule has 2 rings (SSSR count). The van der Waals surface area contributed by atoms with Gasteiger partial charge in [0.1, 0.15) is 0 Å². The molecule has 0 saturated carbocycles. The van der Waals surface area contributed by atoms with E-state index in [1.54, 1.807) is 7.05 Å². The van der Waals surface area contributed by atoms with Gasteiger partial charge in [0.15, 0.2) is 11.8 Å². The summed E-state index contributed by atoms with van der Waals surface area (Å²) in [5.41, 5.74) is -0.0870. The van der Waals surface area contributed by atoms with E-state index in [0.717, 1.165) is 37.8 Å². The minimum absolute atomic E-state index is 0. The first-order valence-corrected chi connectivity index (χ1v) is 7.93. The minimum Gasteiger partial charge on any atom is -0.373 e. The highest BCUT2D eigenvalue weighted by Gasteiger charge is 2.29. The fraction of sp³-hybridized carbons (Fsp3) is 0.800. The summed E-state index contributed by atoms with van der Waals surface area (Å²) >= 11 is 0. The van der Waals surface area contributed by atoms with Gasteiger partial charge in [0.05, 0.1) is 5.60 Å². The van der Waals surface area contributed by atoms with Crippen molar-refractivity contribution in [1.29, 1.82) is 0 Å². The third kappa shape index (κ3) is 6.25. The zero-order valence-corrected chi connectivity index (χ0v) is 16.7. The lowest BCUT2D eigenvalue weighted by molar-refractivity contribution is 0.0243. The summed E-state index contributed by atoms with van der Waals surface area (Å²) in [6, 6.07) is 0.